The molecular weight excluding hydrogens is 462 g/mol. The summed E-state index contributed by atoms with van der Waals surface area (Å²) in [4.78, 5) is 40.3. The number of hydrogen-bond acceptors (Lipinski definition) is 5. The van der Waals surface area contributed by atoms with Gasteiger partial charge in [-0.15, -0.1) is 0 Å². The van der Waals surface area contributed by atoms with Crippen molar-refractivity contribution < 1.29 is 14.4 Å². The number of pyridine rings is 1. The van der Waals surface area contributed by atoms with E-state index in [4.69, 9.17) is 16.4 Å². The number of fused-ring (bicyclic) bond motifs is 1. The van der Waals surface area contributed by atoms with E-state index in [0.29, 0.717) is 16.3 Å². The first kappa shape index (κ1) is 21.5. The van der Waals surface area contributed by atoms with Crippen LogP contribution < -0.4 is 9.96 Å². The molecule has 3 heterocycles. The summed E-state index contributed by atoms with van der Waals surface area (Å²) in [6.45, 7) is 0. The molecule has 2 fully saturated rings. The van der Waals surface area contributed by atoms with Crippen molar-refractivity contribution in [3.05, 3.63) is 126 Å². The van der Waals surface area contributed by atoms with Crippen LogP contribution >= 0.6 is 11.6 Å². The van der Waals surface area contributed by atoms with Gasteiger partial charge < -0.3 is 0 Å². The van der Waals surface area contributed by atoms with Gasteiger partial charge in [0, 0.05) is 17.4 Å². The maximum atomic E-state index is 14.5. The minimum Gasteiger partial charge on any atom is -0.273 e. The lowest BCUT2D eigenvalue weighted by Gasteiger charge is -2.35. The first-order valence-electron chi connectivity index (χ1n) is 11.2. The highest BCUT2D eigenvalue weighted by Crippen LogP contribution is 2.57. The molecule has 3 unspecified atom stereocenters. The van der Waals surface area contributed by atoms with Gasteiger partial charge in [0.25, 0.3) is 5.91 Å². The molecule has 3 atom stereocenters. The number of anilines is 2. The van der Waals surface area contributed by atoms with Crippen LogP contribution in [0.25, 0.3) is 0 Å². The maximum absolute atomic E-state index is 14.5. The largest absolute Gasteiger partial charge is 0.273 e. The van der Waals surface area contributed by atoms with Crippen molar-refractivity contribution in [2.45, 2.75) is 17.6 Å². The number of aromatic nitrogens is 1. The fraction of sp³-hybridized carbons (Fsp3) is 0.107. The Bertz CT molecular complexity index is 1380. The van der Waals surface area contributed by atoms with Crippen molar-refractivity contribution in [1.29, 1.82) is 0 Å². The number of para-hydroxylation sites is 1. The molecule has 3 aromatic carbocycles. The SMILES string of the molecule is O=C1C2ON(c3ccccc3)C(c3ccncc3)C2(c2ccccc2)C(=O)N1c1ccc(Cl)cc1. The standard InChI is InChI=1S/C28H20ClN3O3/c29-21-11-13-22(14-12-21)31-26(33)25-28(27(31)34,20-7-3-1-4-8-20)24(19-15-17-30-18-16-19)32(35-25)23-9-5-2-6-10-23/h1-18,24-25H. The number of imide groups is 1. The van der Waals surface area contributed by atoms with E-state index in [-0.39, 0.29) is 5.91 Å². The van der Waals surface area contributed by atoms with Gasteiger partial charge in [-0.25, -0.2) is 9.96 Å². The molecule has 2 saturated heterocycles. The summed E-state index contributed by atoms with van der Waals surface area (Å²) in [6.07, 6.45) is 2.30. The van der Waals surface area contributed by atoms with Gasteiger partial charge in [-0.2, -0.15) is 0 Å². The van der Waals surface area contributed by atoms with Crippen LogP contribution in [0.15, 0.2) is 109 Å². The molecule has 0 spiro atoms. The number of carbonyl (C=O) groups is 2. The van der Waals surface area contributed by atoms with Crippen LogP contribution in [-0.2, 0) is 19.8 Å². The van der Waals surface area contributed by atoms with E-state index in [1.54, 1.807) is 41.7 Å². The zero-order valence-electron chi connectivity index (χ0n) is 18.5. The summed E-state index contributed by atoms with van der Waals surface area (Å²) in [5.74, 6) is -0.764. The number of hydroxylamine groups is 1. The molecule has 7 heteroatoms. The second kappa shape index (κ2) is 8.34. The van der Waals surface area contributed by atoms with Gasteiger partial charge in [0.2, 0.25) is 5.91 Å². The van der Waals surface area contributed by atoms with E-state index in [1.807, 2.05) is 72.8 Å². The minimum atomic E-state index is -1.32. The monoisotopic (exact) mass is 481 g/mol. The number of halogens is 1. The van der Waals surface area contributed by atoms with Crippen molar-refractivity contribution in [3.63, 3.8) is 0 Å². The number of nitrogens with zero attached hydrogens (tertiary/aromatic N) is 3. The number of amides is 2. The second-order valence-electron chi connectivity index (χ2n) is 8.52. The molecule has 4 aromatic rings. The van der Waals surface area contributed by atoms with Crippen LogP contribution in [0.2, 0.25) is 5.02 Å². The van der Waals surface area contributed by atoms with Gasteiger partial charge in [0.1, 0.15) is 11.5 Å². The molecule has 1 aromatic heterocycles. The van der Waals surface area contributed by atoms with Crippen LogP contribution in [0.3, 0.4) is 0 Å². The average molecular weight is 482 g/mol. The third-order valence-electron chi connectivity index (χ3n) is 6.67. The highest BCUT2D eigenvalue weighted by molar-refractivity contribution is 6.31. The Morgan fingerprint density at radius 3 is 2.06 bits per heavy atom. The number of carbonyl (C=O) groups excluding carboxylic acids is 2. The van der Waals surface area contributed by atoms with E-state index >= 15 is 0 Å². The van der Waals surface area contributed by atoms with Crippen molar-refractivity contribution in [2.75, 3.05) is 9.96 Å². The zero-order valence-corrected chi connectivity index (χ0v) is 19.2. The summed E-state index contributed by atoms with van der Waals surface area (Å²) < 4.78 is 0. The molecule has 0 radical (unpaired) electrons. The third-order valence-corrected chi connectivity index (χ3v) is 6.92. The molecule has 0 aliphatic carbocycles. The molecule has 0 N–H and O–H groups in total. The lowest BCUT2D eigenvalue weighted by atomic mass is 9.69. The Kier molecular flexibility index (Phi) is 5.13. The Labute approximate surface area is 207 Å². The van der Waals surface area contributed by atoms with Crippen LogP contribution in [0, 0.1) is 0 Å². The Balaban J connectivity index is 1.61. The lowest BCUT2D eigenvalue weighted by Crippen LogP contribution is -2.46. The first-order valence-corrected chi connectivity index (χ1v) is 11.6. The van der Waals surface area contributed by atoms with Crippen LogP contribution in [-0.4, -0.2) is 22.9 Å². The molecule has 35 heavy (non-hydrogen) atoms. The van der Waals surface area contributed by atoms with E-state index in [1.165, 1.54) is 4.90 Å². The number of hydrogen-bond donors (Lipinski definition) is 0. The van der Waals surface area contributed by atoms with Crippen LogP contribution in [0.4, 0.5) is 11.4 Å². The van der Waals surface area contributed by atoms with Crippen molar-refractivity contribution >= 4 is 34.8 Å². The Morgan fingerprint density at radius 1 is 0.771 bits per heavy atom. The van der Waals surface area contributed by atoms with Gasteiger partial charge in [0.15, 0.2) is 6.10 Å². The highest BCUT2D eigenvalue weighted by atomic mass is 35.5. The molecule has 0 saturated carbocycles. The molecule has 2 aliphatic heterocycles. The number of rotatable bonds is 4. The van der Waals surface area contributed by atoms with Gasteiger partial charge >= 0.3 is 0 Å². The summed E-state index contributed by atoms with van der Waals surface area (Å²) >= 11 is 6.07. The fourth-order valence-electron chi connectivity index (χ4n) is 5.17. The predicted octanol–water partition coefficient (Wildman–Crippen LogP) is 5.11. The Hall–Kier alpha value is -4.00. The van der Waals surface area contributed by atoms with Crippen LogP contribution in [0.5, 0.6) is 0 Å². The molecular formula is C28H20ClN3O3. The molecule has 0 bridgehead atoms. The summed E-state index contributed by atoms with van der Waals surface area (Å²) in [5, 5.41) is 2.22. The lowest BCUT2D eigenvalue weighted by molar-refractivity contribution is -0.126. The van der Waals surface area contributed by atoms with Gasteiger partial charge in [-0.3, -0.25) is 19.4 Å². The van der Waals surface area contributed by atoms with E-state index < -0.39 is 23.5 Å². The van der Waals surface area contributed by atoms with Crippen molar-refractivity contribution in [2.24, 2.45) is 0 Å². The van der Waals surface area contributed by atoms with Gasteiger partial charge in [-0.1, -0.05) is 60.1 Å². The smallest absolute Gasteiger partial charge is 0.267 e. The molecule has 6 rings (SSSR count). The minimum absolute atomic E-state index is 0.346. The summed E-state index contributed by atoms with van der Waals surface area (Å²) in [6, 6.07) is 28.7. The van der Waals surface area contributed by atoms with E-state index in [2.05, 4.69) is 4.98 Å². The van der Waals surface area contributed by atoms with E-state index in [0.717, 1.165) is 11.3 Å². The Morgan fingerprint density at radius 2 is 1.40 bits per heavy atom. The zero-order chi connectivity index (χ0) is 24.0. The first-order chi connectivity index (χ1) is 17.1. The fourth-order valence-corrected chi connectivity index (χ4v) is 5.29. The normalized spacial score (nSPS) is 23.6. The topological polar surface area (TPSA) is 62.7 Å². The van der Waals surface area contributed by atoms with Crippen molar-refractivity contribution in [3.8, 4) is 0 Å². The van der Waals surface area contributed by atoms with Crippen molar-refractivity contribution in [1.82, 2.24) is 4.98 Å². The van der Waals surface area contributed by atoms with Gasteiger partial charge in [-0.05, 0) is 59.7 Å². The summed E-state index contributed by atoms with van der Waals surface area (Å²) in [5.41, 5.74) is 1.40. The highest BCUT2D eigenvalue weighted by Gasteiger charge is 2.72. The van der Waals surface area contributed by atoms with E-state index in [9.17, 15) is 9.59 Å². The summed E-state index contributed by atoms with van der Waals surface area (Å²) in [7, 11) is 0. The molecule has 172 valence electrons. The van der Waals surface area contributed by atoms with Crippen LogP contribution in [0.1, 0.15) is 17.2 Å². The second-order valence-corrected chi connectivity index (χ2v) is 8.96. The number of benzene rings is 3. The molecule has 2 amide bonds. The third kappa shape index (κ3) is 3.18. The van der Waals surface area contributed by atoms with Gasteiger partial charge in [0.05, 0.1) is 11.4 Å². The average Bonchev–Trinajstić information content (AvgIpc) is 3.38. The predicted molar refractivity (Wildman–Crippen MR) is 133 cm³/mol. The maximum Gasteiger partial charge on any atom is 0.267 e. The molecule has 2 aliphatic rings. The molecule has 6 nitrogen and oxygen atoms in total. The quantitative estimate of drug-likeness (QED) is 0.379.